The molecule has 31 heavy (non-hydrogen) atoms. The Labute approximate surface area is 181 Å². The van der Waals surface area contributed by atoms with Crippen LogP contribution in [0.5, 0.6) is 5.75 Å². The molecular formula is C23H23FN2O4S. The van der Waals surface area contributed by atoms with Crippen LogP contribution in [-0.2, 0) is 28.0 Å². The molecule has 3 aromatic rings. The highest BCUT2D eigenvalue weighted by Crippen LogP contribution is 2.12. The number of hydrogen-bond acceptors (Lipinski definition) is 4. The summed E-state index contributed by atoms with van der Waals surface area (Å²) in [5, 5.41) is 2.76. The molecule has 2 N–H and O–H groups in total. The fraction of sp³-hybridized carbons (Fsp3) is 0.174. The minimum Gasteiger partial charge on any atom is -0.489 e. The second kappa shape index (κ2) is 10.7. The van der Waals surface area contributed by atoms with Crippen molar-refractivity contribution in [1.82, 2.24) is 10.0 Å². The molecule has 0 radical (unpaired) electrons. The van der Waals surface area contributed by atoms with Gasteiger partial charge in [0.2, 0.25) is 15.9 Å². The van der Waals surface area contributed by atoms with Crippen LogP contribution in [0.2, 0.25) is 0 Å². The van der Waals surface area contributed by atoms with E-state index in [-0.39, 0.29) is 23.8 Å². The van der Waals surface area contributed by atoms with Gasteiger partial charge in [0, 0.05) is 19.5 Å². The van der Waals surface area contributed by atoms with Crippen LogP contribution in [0.25, 0.3) is 0 Å². The maximum absolute atomic E-state index is 12.9. The summed E-state index contributed by atoms with van der Waals surface area (Å²) in [7, 11) is -3.78. The van der Waals surface area contributed by atoms with E-state index >= 15 is 0 Å². The first kappa shape index (κ1) is 22.5. The van der Waals surface area contributed by atoms with Gasteiger partial charge in [-0.1, -0.05) is 42.5 Å². The highest BCUT2D eigenvalue weighted by atomic mass is 32.2. The second-order valence-corrected chi connectivity index (χ2v) is 8.56. The van der Waals surface area contributed by atoms with Crippen molar-refractivity contribution < 1.29 is 22.3 Å². The summed E-state index contributed by atoms with van der Waals surface area (Å²) in [5.41, 5.74) is 1.93. The smallest absolute Gasteiger partial charge is 0.240 e. The van der Waals surface area contributed by atoms with Crippen LogP contribution in [0.4, 0.5) is 4.39 Å². The van der Waals surface area contributed by atoms with E-state index in [1.54, 1.807) is 0 Å². The predicted molar refractivity (Wildman–Crippen MR) is 115 cm³/mol. The van der Waals surface area contributed by atoms with Gasteiger partial charge in [0.1, 0.15) is 18.2 Å². The monoisotopic (exact) mass is 442 g/mol. The SMILES string of the molecule is O=C(CCNS(=O)(=O)c1ccc(F)cc1)NCc1ccc(COc2ccccc2)cc1. The molecule has 0 aliphatic rings. The summed E-state index contributed by atoms with van der Waals surface area (Å²) in [5.74, 6) is 0.00210. The van der Waals surface area contributed by atoms with Gasteiger partial charge in [0.15, 0.2) is 0 Å². The molecule has 0 saturated heterocycles. The number of para-hydroxylation sites is 1. The second-order valence-electron chi connectivity index (χ2n) is 6.80. The van der Waals surface area contributed by atoms with E-state index in [9.17, 15) is 17.6 Å². The van der Waals surface area contributed by atoms with E-state index < -0.39 is 15.8 Å². The Balaban J connectivity index is 1.38. The maximum Gasteiger partial charge on any atom is 0.240 e. The molecule has 3 rings (SSSR count). The molecule has 0 unspecified atom stereocenters. The Kier molecular flexibility index (Phi) is 7.75. The highest BCUT2D eigenvalue weighted by Gasteiger charge is 2.14. The number of sulfonamides is 1. The van der Waals surface area contributed by atoms with Crippen LogP contribution < -0.4 is 14.8 Å². The number of ether oxygens (including phenoxy) is 1. The normalized spacial score (nSPS) is 11.1. The van der Waals surface area contributed by atoms with Crippen LogP contribution in [0, 0.1) is 5.82 Å². The van der Waals surface area contributed by atoms with Gasteiger partial charge in [-0.25, -0.2) is 17.5 Å². The Morgan fingerprint density at radius 3 is 2.19 bits per heavy atom. The first-order chi connectivity index (χ1) is 14.9. The number of carbonyl (C=O) groups excluding carboxylic acids is 1. The molecule has 0 atom stereocenters. The van der Waals surface area contributed by atoms with Crippen molar-refractivity contribution in [2.45, 2.75) is 24.5 Å². The Bertz CT molecular complexity index is 1090. The summed E-state index contributed by atoms with van der Waals surface area (Å²) in [6.45, 7) is 0.732. The quantitative estimate of drug-likeness (QED) is 0.504. The first-order valence-corrected chi connectivity index (χ1v) is 11.2. The lowest BCUT2D eigenvalue weighted by molar-refractivity contribution is -0.121. The van der Waals surface area contributed by atoms with Gasteiger partial charge in [-0.2, -0.15) is 0 Å². The summed E-state index contributed by atoms with van der Waals surface area (Å²) in [6.07, 6.45) is -0.0105. The largest absolute Gasteiger partial charge is 0.489 e. The highest BCUT2D eigenvalue weighted by molar-refractivity contribution is 7.89. The molecule has 8 heteroatoms. The topological polar surface area (TPSA) is 84.5 Å². The zero-order valence-corrected chi connectivity index (χ0v) is 17.6. The lowest BCUT2D eigenvalue weighted by atomic mass is 10.1. The molecule has 0 fully saturated rings. The van der Waals surface area contributed by atoms with Gasteiger partial charge in [-0.15, -0.1) is 0 Å². The lowest BCUT2D eigenvalue weighted by Gasteiger charge is -2.09. The number of carbonyl (C=O) groups is 1. The van der Waals surface area contributed by atoms with Crippen molar-refractivity contribution in [2.24, 2.45) is 0 Å². The van der Waals surface area contributed by atoms with Crippen LogP contribution >= 0.6 is 0 Å². The minimum atomic E-state index is -3.78. The molecule has 0 heterocycles. The van der Waals surface area contributed by atoms with Crippen LogP contribution in [0.1, 0.15) is 17.5 Å². The van der Waals surface area contributed by atoms with Crippen LogP contribution in [0.3, 0.4) is 0 Å². The summed E-state index contributed by atoms with van der Waals surface area (Å²) in [4.78, 5) is 11.9. The van der Waals surface area contributed by atoms with Gasteiger partial charge in [0.25, 0.3) is 0 Å². The predicted octanol–water partition coefficient (Wildman–Crippen LogP) is 3.39. The van der Waals surface area contributed by atoms with Gasteiger partial charge in [-0.3, -0.25) is 4.79 Å². The van der Waals surface area contributed by atoms with Crippen molar-refractivity contribution in [3.05, 3.63) is 95.8 Å². The number of halogens is 1. The lowest BCUT2D eigenvalue weighted by Crippen LogP contribution is -2.30. The van der Waals surface area contributed by atoms with Crippen molar-refractivity contribution >= 4 is 15.9 Å². The summed E-state index contributed by atoms with van der Waals surface area (Å²) < 4.78 is 45.2. The molecule has 6 nitrogen and oxygen atoms in total. The Morgan fingerprint density at radius 1 is 0.871 bits per heavy atom. The van der Waals surface area contributed by atoms with Gasteiger partial charge in [0.05, 0.1) is 4.90 Å². The van der Waals surface area contributed by atoms with E-state index in [2.05, 4.69) is 10.0 Å². The minimum absolute atomic E-state index is 0.0105. The molecule has 0 bridgehead atoms. The van der Waals surface area contributed by atoms with E-state index in [1.807, 2.05) is 54.6 Å². The van der Waals surface area contributed by atoms with Gasteiger partial charge < -0.3 is 10.1 Å². The Hall–Kier alpha value is -3.23. The van der Waals surface area contributed by atoms with E-state index in [0.717, 1.165) is 29.0 Å². The molecule has 0 aliphatic heterocycles. The zero-order valence-electron chi connectivity index (χ0n) is 16.8. The molecular weight excluding hydrogens is 419 g/mol. The fourth-order valence-electron chi connectivity index (χ4n) is 2.72. The maximum atomic E-state index is 12.9. The summed E-state index contributed by atoms with van der Waals surface area (Å²) >= 11 is 0. The van der Waals surface area contributed by atoms with E-state index in [0.29, 0.717) is 13.2 Å². The number of nitrogens with one attached hydrogen (secondary N) is 2. The standard InChI is InChI=1S/C23H23FN2O4S/c24-20-10-12-22(13-11-20)31(28,29)26-15-14-23(27)25-16-18-6-8-19(9-7-18)17-30-21-4-2-1-3-5-21/h1-13,26H,14-17H2,(H,25,27). The van der Waals surface area contributed by atoms with Crippen LogP contribution in [-0.4, -0.2) is 20.9 Å². The molecule has 3 aromatic carbocycles. The van der Waals surface area contributed by atoms with Crippen molar-refractivity contribution in [3.8, 4) is 5.75 Å². The molecule has 0 saturated carbocycles. The van der Waals surface area contributed by atoms with Gasteiger partial charge in [-0.05, 0) is 47.5 Å². The average Bonchev–Trinajstić information content (AvgIpc) is 2.78. The number of benzene rings is 3. The van der Waals surface area contributed by atoms with Crippen molar-refractivity contribution in [3.63, 3.8) is 0 Å². The zero-order chi connectivity index (χ0) is 22.1. The molecule has 1 amide bonds. The number of hydrogen-bond donors (Lipinski definition) is 2. The summed E-state index contributed by atoms with van der Waals surface area (Å²) in [6, 6.07) is 21.7. The first-order valence-electron chi connectivity index (χ1n) is 9.70. The third-order valence-electron chi connectivity index (χ3n) is 4.43. The average molecular weight is 443 g/mol. The van der Waals surface area contributed by atoms with Crippen molar-refractivity contribution in [2.75, 3.05) is 6.54 Å². The third-order valence-corrected chi connectivity index (χ3v) is 5.91. The van der Waals surface area contributed by atoms with Crippen molar-refractivity contribution in [1.29, 1.82) is 0 Å². The Morgan fingerprint density at radius 2 is 1.52 bits per heavy atom. The molecule has 0 aliphatic carbocycles. The van der Waals surface area contributed by atoms with Crippen LogP contribution in [0.15, 0.2) is 83.8 Å². The number of rotatable bonds is 10. The molecule has 0 spiro atoms. The molecule has 162 valence electrons. The van der Waals surface area contributed by atoms with E-state index in [1.165, 1.54) is 12.1 Å². The van der Waals surface area contributed by atoms with Gasteiger partial charge >= 0.3 is 0 Å². The van der Waals surface area contributed by atoms with E-state index in [4.69, 9.17) is 4.74 Å². The fourth-order valence-corrected chi connectivity index (χ4v) is 3.75. The number of amides is 1. The molecule has 0 aromatic heterocycles. The third kappa shape index (κ3) is 7.20.